The van der Waals surface area contributed by atoms with Gasteiger partial charge in [-0.2, -0.15) is 4.98 Å². The smallest absolute Gasteiger partial charge is 0.244 e. The molecule has 2 heterocycles. The van der Waals surface area contributed by atoms with Crippen molar-refractivity contribution >= 4 is 0 Å². The molecule has 0 aromatic carbocycles. The van der Waals surface area contributed by atoms with Gasteiger partial charge in [0.25, 0.3) is 0 Å². The highest BCUT2D eigenvalue weighted by Gasteiger charge is 2.37. The summed E-state index contributed by atoms with van der Waals surface area (Å²) in [6, 6.07) is 0.786. The van der Waals surface area contributed by atoms with Crippen molar-refractivity contribution in [3.05, 3.63) is 11.7 Å². The molecule has 0 spiro atoms. The minimum absolute atomic E-state index is 0.187. The first-order chi connectivity index (χ1) is 12.2. The van der Waals surface area contributed by atoms with E-state index in [-0.39, 0.29) is 6.04 Å². The largest absolute Gasteiger partial charge is 0.381 e. The summed E-state index contributed by atoms with van der Waals surface area (Å²) in [4.78, 5) is 4.74. The molecule has 140 valence electrons. The minimum atomic E-state index is 0.187. The van der Waals surface area contributed by atoms with Crippen molar-refractivity contribution in [2.24, 2.45) is 17.8 Å². The Morgan fingerprint density at radius 1 is 1.00 bits per heavy atom. The van der Waals surface area contributed by atoms with Crippen LogP contribution in [0.1, 0.15) is 88.9 Å². The molecular formula is C20H33N3O2. The summed E-state index contributed by atoms with van der Waals surface area (Å²) in [6.07, 6.45) is 10.5. The summed E-state index contributed by atoms with van der Waals surface area (Å²) in [7, 11) is 0. The average Bonchev–Trinajstić information content (AvgIpc) is 3.37. The molecule has 1 N–H and O–H groups in total. The standard InChI is InChI=1S/C20H33N3O2/c1-13(2)19-22-20(25-23-19)18(15-8-10-24-11-9-15)21-17-5-3-4-16(12-17)14-6-7-14/h13-18,21H,3-12H2,1-2H3/t16-,17-,18+/m0/s1. The molecule has 3 aliphatic rings. The molecule has 5 nitrogen and oxygen atoms in total. The SMILES string of the molecule is CC(C)c1noc([C@H](N[C@H]2CCC[C@H](C3CC3)C2)C2CCOCC2)n1. The summed E-state index contributed by atoms with van der Waals surface area (Å²) in [6.45, 7) is 5.94. The van der Waals surface area contributed by atoms with Crippen LogP contribution in [0.2, 0.25) is 0 Å². The Labute approximate surface area is 151 Å². The Kier molecular flexibility index (Phi) is 5.41. The third-order valence-electron chi connectivity index (χ3n) is 6.40. The molecule has 1 aromatic rings. The molecule has 1 saturated heterocycles. The van der Waals surface area contributed by atoms with Gasteiger partial charge >= 0.3 is 0 Å². The van der Waals surface area contributed by atoms with E-state index in [2.05, 4.69) is 24.3 Å². The molecule has 2 aliphatic carbocycles. The normalized spacial score (nSPS) is 29.9. The van der Waals surface area contributed by atoms with E-state index in [1.54, 1.807) is 0 Å². The second-order valence-corrected chi connectivity index (χ2v) is 8.70. The fourth-order valence-electron chi connectivity index (χ4n) is 4.69. The van der Waals surface area contributed by atoms with Crippen LogP contribution < -0.4 is 5.32 Å². The fourth-order valence-corrected chi connectivity index (χ4v) is 4.69. The van der Waals surface area contributed by atoms with E-state index in [0.29, 0.717) is 17.9 Å². The number of nitrogens with one attached hydrogen (secondary N) is 1. The van der Waals surface area contributed by atoms with Gasteiger partial charge in [0.1, 0.15) is 0 Å². The average molecular weight is 348 g/mol. The van der Waals surface area contributed by atoms with Crippen LogP contribution in [0.25, 0.3) is 0 Å². The number of ether oxygens (including phenoxy) is 1. The third-order valence-corrected chi connectivity index (χ3v) is 6.40. The molecule has 1 aliphatic heterocycles. The number of nitrogens with zero attached hydrogens (tertiary/aromatic N) is 2. The lowest BCUT2D eigenvalue weighted by molar-refractivity contribution is 0.0447. The Balaban J connectivity index is 1.47. The van der Waals surface area contributed by atoms with Gasteiger partial charge in [-0.1, -0.05) is 31.8 Å². The lowest BCUT2D eigenvalue weighted by Crippen LogP contribution is -2.41. The maximum atomic E-state index is 5.71. The molecule has 3 atom stereocenters. The number of hydrogen-bond acceptors (Lipinski definition) is 5. The van der Waals surface area contributed by atoms with Gasteiger partial charge in [0, 0.05) is 25.2 Å². The first-order valence-electron chi connectivity index (χ1n) is 10.4. The van der Waals surface area contributed by atoms with Gasteiger partial charge in [-0.25, -0.2) is 0 Å². The highest BCUT2D eigenvalue weighted by atomic mass is 16.5. The highest BCUT2D eigenvalue weighted by molar-refractivity contribution is 5.00. The number of rotatable bonds is 6. The zero-order valence-corrected chi connectivity index (χ0v) is 15.7. The monoisotopic (exact) mass is 347 g/mol. The molecule has 0 unspecified atom stereocenters. The zero-order valence-electron chi connectivity index (χ0n) is 15.7. The molecule has 0 radical (unpaired) electrons. The lowest BCUT2D eigenvalue weighted by Gasteiger charge is -2.35. The van der Waals surface area contributed by atoms with E-state index < -0.39 is 0 Å². The topological polar surface area (TPSA) is 60.2 Å². The van der Waals surface area contributed by atoms with Crippen molar-refractivity contribution in [1.82, 2.24) is 15.5 Å². The van der Waals surface area contributed by atoms with Crippen molar-refractivity contribution in [2.45, 2.75) is 83.2 Å². The lowest BCUT2D eigenvalue weighted by atomic mass is 9.81. The van der Waals surface area contributed by atoms with Gasteiger partial charge < -0.3 is 14.6 Å². The maximum Gasteiger partial charge on any atom is 0.244 e. The number of hydrogen-bond donors (Lipinski definition) is 1. The Morgan fingerprint density at radius 2 is 1.80 bits per heavy atom. The first kappa shape index (κ1) is 17.5. The van der Waals surface area contributed by atoms with Crippen LogP contribution in [0, 0.1) is 17.8 Å². The summed E-state index contributed by atoms with van der Waals surface area (Å²) in [5, 5.41) is 8.18. The van der Waals surface area contributed by atoms with Gasteiger partial charge in [0.05, 0.1) is 6.04 Å². The van der Waals surface area contributed by atoms with Gasteiger partial charge in [-0.15, -0.1) is 0 Å². The number of aromatic nitrogens is 2. The summed E-state index contributed by atoms with van der Waals surface area (Å²) in [5.41, 5.74) is 0. The first-order valence-corrected chi connectivity index (χ1v) is 10.4. The van der Waals surface area contributed by atoms with Crippen molar-refractivity contribution in [2.75, 3.05) is 13.2 Å². The maximum absolute atomic E-state index is 5.71. The predicted octanol–water partition coefficient (Wildman–Crippen LogP) is 4.22. The quantitative estimate of drug-likeness (QED) is 0.835. The van der Waals surface area contributed by atoms with Crippen LogP contribution in [0.15, 0.2) is 4.52 Å². The Hall–Kier alpha value is -0.940. The van der Waals surface area contributed by atoms with E-state index in [1.165, 1.54) is 38.5 Å². The second kappa shape index (κ2) is 7.75. The van der Waals surface area contributed by atoms with Gasteiger partial charge in [-0.3, -0.25) is 0 Å². The highest BCUT2D eigenvalue weighted by Crippen LogP contribution is 2.44. The molecule has 1 aromatic heterocycles. The summed E-state index contributed by atoms with van der Waals surface area (Å²) >= 11 is 0. The van der Waals surface area contributed by atoms with Gasteiger partial charge in [-0.05, 0) is 56.3 Å². The fraction of sp³-hybridized carbons (Fsp3) is 0.900. The molecule has 2 saturated carbocycles. The van der Waals surface area contributed by atoms with Crippen molar-refractivity contribution in [3.63, 3.8) is 0 Å². The van der Waals surface area contributed by atoms with E-state index >= 15 is 0 Å². The van der Waals surface area contributed by atoms with Crippen LogP contribution in [-0.2, 0) is 4.74 Å². The van der Waals surface area contributed by atoms with Crippen molar-refractivity contribution < 1.29 is 9.26 Å². The van der Waals surface area contributed by atoms with Crippen LogP contribution in [-0.4, -0.2) is 29.4 Å². The van der Waals surface area contributed by atoms with E-state index in [9.17, 15) is 0 Å². The Bertz CT molecular complexity index is 549. The zero-order chi connectivity index (χ0) is 17.2. The summed E-state index contributed by atoms with van der Waals surface area (Å²) in [5.74, 6) is 4.42. The Morgan fingerprint density at radius 3 is 2.48 bits per heavy atom. The minimum Gasteiger partial charge on any atom is -0.381 e. The van der Waals surface area contributed by atoms with Crippen LogP contribution in [0.5, 0.6) is 0 Å². The van der Waals surface area contributed by atoms with E-state index in [0.717, 1.165) is 49.6 Å². The van der Waals surface area contributed by atoms with Crippen LogP contribution in [0.3, 0.4) is 0 Å². The van der Waals surface area contributed by atoms with Gasteiger partial charge in [0.15, 0.2) is 5.82 Å². The summed E-state index contributed by atoms with van der Waals surface area (Å²) < 4.78 is 11.3. The molecule has 0 bridgehead atoms. The molecule has 0 amide bonds. The second-order valence-electron chi connectivity index (χ2n) is 8.70. The van der Waals surface area contributed by atoms with E-state index in [4.69, 9.17) is 14.2 Å². The molecule has 5 heteroatoms. The molecule has 25 heavy (non-hydrogen) atoms. The van der Waals surface area contributed by atoms with Gasteiger partial charge in [0.2, 0.25) is 5.89 Å². The van der Waals surface area contributed by atoms with E-state index in [1.807, 2.05) is 0 Å². The third kappa shape index (κ3) is 4.25. The molecular weight excluding hydrogens is 314 g/mol. The predicted molar refractivity (Wildman–Crippen MR) is 96.3 cm³/mol. The van der Waals surface area contributed by atoms with Crippen LogP contribution >= 0.6 is 0 Å². The van der Waals surface area contributed by atoms with Crippen molar-refractivity contribution in [1.29, 1.82) is 0 Å². The van der Waals surface area contributed by atoms with Crippen LogP contribution in [0.4, 0.5) is 0 Å². The molecule has 4 rings (SSSR count). The van der Waals surface area contributed by atoms with Crippen molar-refractivity contribution in [3.8, 4) is 0 Å². The molecule has 3 fully saturated rings.